The van der Waals surface area contributed by atoms with Gasteiger partial charge in [0.2, 0.25) is 0 Å². The number of carboxylic acid groups (broad SMARTS) is 1. The third-order valence-electron chi connectivity index (χ3n) is 3.35. The minimum atomic E-state index is -1.04. The Bertz CT molecular complexity index is 913. The molecule has 21 heavy (non-hydrogen) atoms. The largest absolute Gasteiger partial charge is 0.478 e. The number of nitrogens with one attached hydrogen (secondary N) is 1. The highest BCUT2D eigenvalue weighted by Gasteiger charge is 2.10. The fourth-order valence-electron chi connectivity index (χ4n) is 2.24. The van der Waals surface area contributed by atoms with Crippen molar-refractivity contribution in [3.05, 3.63) is 63.9 Å². The van der Waals surface area contributed by atoms with Crippen LogP contribution in [0.15, 0.2) is 47.3 Å². The first-order valence-corrected chi connectivity index (χ1v) is 6.39. The number of nitrogens with zero attached hydrogens (tertiary/aromatic N) is 1. The van der Waals surface area contributed by atoms with Gasteiger partial charge in [-0.05, 0) is 30.7 Å². The Morgan fingerprint density at radius 2 is 1.95 bits per heavy atom. The van der Waals surface area contributed by atoms with Crippen molar-refractivity contribution in [1.29, 1.82) is 0 Å². The van der Waals surface area contributed by atoms with Crippen LogP contribution in [0.2, 0.25) is 0 Å². The summed E-state index contributed by atoms with van der Waals surface area (Å²) in [5.74, 6) is -0.607. The Morgan fingerprint density at radius 1 is 1.19 bits per heavy atom. The molecule has 0 bridgehead atoms. The molecular weight excluding hydrogens is 268 g/mol. The zero-order chi connectivity index (χ0) is 15.0. The Balaban J connectivity index is 2.29. The summed E-state index contributed by atoms with van der Waals surface area (Å²) in [5, 5.41) is 9.40. The van der Waals surface area contributed by atoms with E-state index < -0.39 is 5.97 Å². The summed E-state index contributed by atoms with van der Waals surface area (Å²) < 4.78 is 0. The average molecular weight is 280 g/mol. The first-order valence-electron chi connectivity index (χ1n) is 6.39. The summed E-state index contributed by atoms with van der Waals surface area (Å²) in [6, 6.07) is 11.8. The van der Waals surface area contributed by atoms with E-state index in [0.717, 1.165) is 11.1 Å². The van der Waals surface area contributed by atoms with Gasteiger partial charge < -0.3 is 10.1 Å². The second kappa shape index (κ2) is 4.86. The average Bonchev–Trinajstić information content (AvgIpc) is 2.47. The SMILES string of the molecule is Cc1ccccc1-c1nc2cc(C(=O)O)ccc2c(=O)[nH]1. The maximum absolute atomic E-state index is 12.1. The predicted molar refractivity (Wildman–Crippen MR) is 79.5 cm³/mol. The minimum Gasteiger partial charge on any atom is -0.478 e. The smallest absolute Gasteiger partial charge is 0.335 e. The summed E-state index contributed by atoms with van der Waals surface area (Å²) in [7, 11) is 0. The van der Waals surface area contributed by atoms with Crippen molar-refractivity contribution in [2.75, 3.05) is 0 Å². The molecule has 3 aromatic rings. The molecule has 0 radical (unpaired) electrons. The van der Waals surface area contributed by atoms with E-state index in [1.165, 1.54) is 18.2 Å². The highest BCUT2D eigenvalue weighted by atomic mass is 16.4. The molecule has 0 unspecified atom stereocenters. The van der Waals surface area contributed by atoms with Crippen LogP contribution in [0.3, 0.4) is 0 Å². The molecule has 0 atom stereocenters. The molecule has 0 aliphatic carbocycles. The highest BCUT2D eigenvalue weighted by molar-refractivity contribution is 5.93. The lowest BCUT2D eigenvalue weighted by molar-refractivity contribution is 0.0697. The van der Waals surface area contributed by atoms with Gasteiger partial charge in [0.1, 0.15) is 5.82 Å². The number of carbonyl (C=O) groups is 1. The monoisotopic (exact) mass is 280 g/mol. The molecule has 104 valence electrons. The molecule has 5 heteroatoms. The summed E-state index contributed by atoms with van der Waals surface area (Å²) in [6.07, 6.45) is 0. The van der Waals surface area contributed by atoms with Gasteiger partial charge in [-0.25, -0.2) is 9.78 Å². The van der Waals surface area contributed by atoms with Crippen LogP contribution in [0.5, 0.6) is 0 Å². The molecular formula is C16H12N2O3. The van der Waals surface area contributed by atoms with Crippen molar-refractivity contribution in [3.63, 3.8) is 0 Å². The van der Waals surface area contributed by atoms with E-state index in [9.17, 15) is 9.59 Å². The lowest BCUT2D eigenvalue weighted by atomic mass is 10.1. The molecule has 0 saturated carbocycles. The van der Waals surface area contributed by atoms with Crippen molar-refractivity contribution in [2.45, 2.75) is 6.92 Å². The summed E-state index contributed by atoms with van der Waals surface area (Å²) in [4.78, 5) is 30.3. The van der Waals surface area contributed by atoms with Gasteiger partial charge in [0, 0.05) is 5.56 Å². The maximum atomic E-state index is 12.1. The first-order chi connectivity index (χ1) is 10.1. The third-order valence-corrected chi connectivity index (χ3v) is 3.35. The number of aromatic carboxylic acids is 1. The Hall–Kier alpha value is -2.95. The Kier molecular flexibility index (Phi) is 3.02. The van der Waals surface area contributed by atoms with Crippen molar-refractivity contribution < 1.29 is 9.90 Å². The van der Waals surface area contributed by atoms with E-state index in [2.05, 4.69) is 9.97 Å². The van der Waals surface area contributed by atoms with Gasteiger partial charge in [-0.1, -0.05) is 24.3 Å². The van der Waals surface area contributed by atoms with Gasteiger partial charge in [0.15, 0.2) is 0 Å². The van der Waals surface area contributed by atoms with Gasteiger partial charge in [0.25, 0.3) is 5.56 Å². The van der Waals surface area contributed by atoms with Crippen molar-refractivity contribution >= 4 is 16.9 Å². The summed E-state index contributed by atoms with van der Waals surface area (Å²) in [5.41, 5.74) is 2.00. The van der Waals surface area contributed by atoms with Crippen LogP contribution in [-0.4, -0.2) is 21.0 Å². The van der Waals surface area contributed by atoms with Gasteiger partial charge in [0.05, 0.1) is 16.5 Å². The quantitative estimate of drug-likeness (QED) is 0.755. The molecule has 1 aromatic heterocycles. The molecule has 5 nitrogen and oxygen atoms in total. The number of carboxylic acids is 1. The van der Waals surface area contributed by atoms with Gasteiger partial charge in [-0.3, -0.25) is 4.79 Å². The molecule has 0 aliphatic heterocycles. The molecule has 2 N–H and O–H groups in total. The van der Waals surface area contributed by atoms with Crippen molar-refractivity contribution in [1.82, 2.24) is 9.97 Å². The van der Waals surface area contributed by atoms with Crippen molar-refractivity contribution in [2.24, 2.45) is 0 Å². The summed E-state index contributed by atoms with van der Waals surface area (Å²) in [6.45, 7) is 1.92. The molecule has 0 spiro atoms. The molecule has 1 heterocycles. The number of H-pyrrole nitrogens is 1. The van der Waals surface area contributed by atoms with Crippen molar-refractivity contribution in [3.8, 4) is 11.4 Å². The van der Waals surface area contributed by atoms with Crippen LogP contribution < -0.4 is 5.56 Å². The number of aryl methyl sites for hydroxylation is 1. The van der Waals surface area contributed by atoms with Gasteiger partial charge in [-0.2, -0.15) is 0 Å². The maximum Gasteiger partial charge on any atom is 0.335 e. The van der Waals surface area contributed by atoms with E-state index in [1.54, 1.807) is 0 Å². The van der Waals surface area contributed by atoms with Crippen LogP contribution in [0.1, 0.15) is 15.9 Å². The van der Waals surface area contributed by atoms with Gasteiger partial charge >= 0.3 is 5.97 Å². The third kappa shape index (κ3) is 2.29. The van der Waals surface area contributed by atoms with E-state index >= 15 is 0 Å². The standard InChI is InChI=1S/C16H12N2O3/c1-9-4-2-3-5-11(9)14-17-13-8-10(16(20)21)6-7-12(13)15(19)18-14/h2-8H,1H3,(H,20,21)(H,17,18,19). The zero-order valence-corrected chi connectivity index (χ0v) is 11.3. The first kappa shape index (κ1) is 13.1. The highest BCUT2D eigenvalue weighted by Crippen LogP contribution is 2.20. The number of fused-ring (bicyclic) bond motifs is 1. The number of benzene rings is 2. The molecule has 0 saturated heterocycles. The van der Waals surface area contributed by atoms with E-state index in [1.807, 2.05) is 31.2 Å². The fourth-order valence-corrected chi connectivity index (χ4v) is 2.24. The number of hydrogen-bond acceptors (Lipinski definition) is 3. The number of rotatable bonds is 2. The van der Waals surface area contributed by atoms with Gasteiger partial charge in [-0.15, -0.1) is 0 Å². The molecule has 0 aliphatic rings. The van der Waals surface area contributed by atoms with E-state index in [4.69, 9.17) is 5.11 Å². The number of aromatic amines is 1. The second-order valence-electron chi connectivity index (χ2n) is 4.77. The normalized spacial score (nSPS) is 10.7. The zero-order valence-electron chi connectivity index (χ0n) is 11.3. The van der Waals surface area contributed by atoms with Crippen LogP contribution in [-0.2, 0) is 0 Å². The lowest BCUT2D eigenvalue weighted by Crippen LogP contribution is -2.10. The minimum absolute atomic E-state index is 0.108. The molecule has 0 amide bonds. The molecule has 3 rings (SSSR count). The Labute approximate surface area is 119 Å². The van der Waals surface area contributed by atoms with E-state index in [-0.39, 0.29) is 11.1 Å². The topological polar surface area (TPSA) is 83.0 Å². The lowest BCUT2D eigenvalue weighted by Gasteiger charge is -2.06. The van der Waals surface area contributed by atoms with E-state index in [0.29, 0.717) is 16.7 Å². The van der Waals surface area contributed by atoms with Crippen LogP contribution in [0, 0.1) is 6.92 Å². The predicted octanol–water partition coefficient (Wildman–Crippen LogP) is 2.60. The summed E-state index contributed by atoms with van der Waals surface area (Å²) >= 11 is 0. The second-order valence-corrected chi connectivity index (χ2v) is 4.77. The van der Waals surface area contributed by atoms with Crippen LogP contribution >= 0.6 is 0 Å². The fraction of sp³-hybridized carbons (Fsp3) is 0.0625. The van der Waals surface area contributed by atoms with Crippen LogP contribution in [0.25, 0.3) is 22.3 Å². The molecule has 0 fully saturated rings. The Morgan fingerprint density at radius 3 is 2.67 bits per heavy atom. The number of aromatic nitrogens is 2. The molecule has 2 aromatic carbocycles. The number of hydrogen-bond donors (Lipinski definition) is 2. The van der Waals surface area contributed by atoms with Crippen LogP contribution in [0.4, 0.5) is 0 Å².